The minimum absolute atomic E-state index is 0.268. The van der Waals surface area contributed by atoms with Crippen LogP contribution in [0, 0.1) is 0 Å². The molecule has 0 saturated carbocycles. The predicted octanol–water partition coefficient (Wildman–Crippen LogP) is 0.521. The molecule has 18 heavy (non-hydrogen) atoms. The highest BCUT2D eigenvalue weighted by molar-refractivity contribution is 9.10. The highest BCUT2D eigenvalue weighted by Gasteiger charge is 2.15. The number of ether oxygens (including phenoxy) is 2. The van der Waals surface area contributed by atoms with E-state index in [-0.39, 0.29) is 5.97 Å². The molecular weight excluding hydrogens is 298 g/mol. The maximum Gasteiger partial charge on any atom is 0.339 e. The Balaban J connectivity index is 1.76. The SMILES string of the molecule is O=C(OCC[NH+]1CCOCC1)c1ccccc1Br. The Morgan fingerprint density at radius 1 is 1.33 bits per heavy atom. The molecule has 1 aromatic carbocycles. The lowest BCUT2D eigenvalue weighted by Gasteiger charge is -2.23. The molecule has 1 aliphatic rings. The fourth-order valence-electron chi connectivity index (χ4n) is 1.90. The zero-order chi connectivity index (χ0) is 12.8. The predicted molar refractivity (Wildman–Crippen MR) is 70.8 cm³/mol. The summed E-state index contributed by atoms with van der Waals surface area (Å²) in [6.07, 6.45) is 0. The summed E-state index contributed by atoms with van der Waals surface area (Å²) in [4.78, 5) is 13.3. The average molecular weight is 315 g/mol. The normalized spacial score (nSPS) is 16.5. The fraction of sp³-hybridized carbons (Fsp3) is 0.462. The summed E-state index contributed by atoms with van der Waals surface area (Å²) in [5, 5.41) is 0. The number of nitrogens with one attached hydrogen (secondary N) is 1. The quantitative estimate of drug-likeness (QED) is 0.824. The van der Waals surface area contributed by atoms with Crippen LogP contribution >= 0.6 is 15.9 Å². The van der Waals surface area contributed by atoms with Crippen LogP contribution in [0.2, 0.25) is 0 Å². The lowest BCUT2D eigenvalue weighted by Crippen LogP contribution is -3.14. The second-order valence-corrected chi connectivity index (χ2v) is 5.08. The van der Waals surface area contributed by atoms with Gasteiger partial charge in [-0.1, -0.05) is 12.1 Å². The van der Waals surface area contributed by atoms with Gasteiger partial charge in [0, 0.05) is 4.47 Å². The molecule has 1 saturated heterocycles. The van der Waals surface area contributed by atoms with Crippen LogP contribution in [0.5, 0.6) is 0 Å². The lowest BCUT2D eigenvalue weighted by molar-refractivity contribution is -0.908. The third kappa shape index (κ3) is 3.80. The van der Waals surface area contributed by atoms with Crippen molar-refractivity contribution >= 4 is 21.9 Å². The van der Waals surface area contributed by atoms with Gasteiger partial charge in [-0.25, -0.2) is 4.79 Å². The standard InChI is InChI=1S/C13H16BrNO3/c14-12-4-2-1-3-11(12)13(16)18-10-7-15-5-8-17-9-6-15/h1-4H,5-10H2/p+1. The molecule has 1 fully saturated rings. The number of halogens is 1. The summed E-state index contributed by atoms with van der Waals surface area (Å²) in [7, 11) is 0. The molecule has 0 amide bonds. The molecule has 1 aliphatic heterocycles. The van der Waals surface area contributed by atoms with Crippen LogP contribution in [0.4, 0.5) is 0 Å². The molecule has 5 heteroatoms. The number of esters is 1. The highest BCUT2D eigenvalue weighted by atomic mass is 79.9. The van der Waals surface area contributed by atoms with Crippen LogP contribution in [0.25, 0.3) is 0 Å². The van der Waals surface area contributed by atoms with Crippen LogP contribution in [0.1, 0.15) is 10.4 Å². The van der Waals surface area contributed by atoms with E-state index in [1.54, 1.807) is 6.07 Å². The molecule has 0 unspecified atom stereocenters. The van der Waals surface area contributed by atoms with Crippen molar-refractivity contribution in [3.8, 4) is 0 Å². The Bertz CT molecular complexity index is 405. The Morgan fingerprint density at radius 3 is 2.78 bits per heavy atom. The van der Waals surface area contributed by atoms with E-state index in [0.29, 0.717) is 12.2 Å². The van der Waals surface area contributed by atoms with Gasteiger partial charge in [-0.2, -0.15) is 0 Å². The summed E-state index contributed by atoms with van der Waals surface area (Å²) in [6, 6.07) is 7.30. The van der Waals surface area contributed by atoms with Gasteiger partial charge in [-0.3, -0.25) is 0 Å². The molecule has 2 rings (SSSR count). The molecule has 4 nitrogen and oxygen atoms in total. The topological polar surface area (TPSA) is 40.0 Å². The van der Waals surface area contributed by atoms with E-state index in [1.807, 2.05) is 18.2 Å². The first-order valence-corrected chi connectivity index (χ1v) is 6.89. The number of carbonyl (C=O) groups excluding carboxylic acids is 1. The van der Waals surface area contributed by atoms with E-state index in [4.69, 9.17) is 9.47 Å². The van der Waals surface area contributed by atoms with Gasteiger partial charge in [0.15, 0.2) is 0 Å². The summed E-state index contributed by atoms with van der Waals surface area (Å²) in [5.41, 5.74) is 0.578. The molecule has 0 bridgehead atoms. The Morgan fingerprint density at radius 2 is 2.06 bits per heavy atom. The van der Waals surface area contributed by atoms with Crippen LogP contribution in [0.3, 0.4) is 0 Å². The number of hydrogen-bond donors (Lipinski definition) is 1. The van der Waals surface area contributed by atoms with E-state index in [0.717, 1.165) is 37.3 Å². The first-order valence-electron chi connectivity index (χ1n) is 6.10. The molecular formula is C13H17BrNO3+. The summed E-state index contributed by atoms with van der Waals surface area (Å²) in [6.45, 7) is 4.88. The number of carbonyl (C=O) groups is 1. The zero-order valence-electron chi connectivity index (χ0n) is 10.2. The summed E-state index contributed by atoms with van der Waals surface area (Å²) in [5.74, 6) is -0.268. The smallest absolute Gasteiger partial charge is 0.339 e. The van der Waals surface area contributed by atoms with Crippen LogP contribution < -0.4 is 4.90 Å². The van der Waals surface area contributed by atoms with Crippen LogP contribution in [-0.4, -0.2) is 45.4 Å². The summed E-state index contributed by atoms with van der Waals surface area (Å²) < 4.78 is 11.3. The Hall–Kier alpha value is -0.910. The first-order chi connectivity index (χ1) is 8.77. The van der Waals surface area contributed by atoms with E-state index in [2.05, 4.69) is 15.9 Å². The monoisotopic (exact) mass is 314 g/mol. The van der Waals surface area contributed by atoms with Gasteiger partial charge in [-0.05, 0) is 28.1 Å². The van der Waals surface area contributed by atoms with Crippen LogP contribution in [-0.2, 0) is 9.47 Å². The molecule has 1 aromatic rings. The molecule has 98 valence electrons. The Kier molecular flexibility index (Phi) is 5.16. The molecule has 0 spiro atoms. The van der Waals surface area contributed by atoms with Gasteiger partial charge in [0.2, 0.25) is 0 Å². The van der Waals surface area contributed by atoms with E-state index in [1.165, 1.54) is 4.90 Å². The Labute approximate surface area is 115 Å². The third-order valence-electron chi connectivity index (χ3n) is 2.98. The van der Waals surface area contributed by atoms with Crippen molar-refractivity contribution in [1.82, 2.24) is 0 Å². The third-order valence-corrected chi connectivity index (χ3v) is 3.67. The first kappa shape index (κ1) is 13.5. The minimum atomic E-state index is -0.268. The summed E-state index contributed by atoms with van der Waals surface area (Å²) >= 11 is 3.34. The van der Waals surface area contributed by atoms with Gasteiger partial charge in [0.1, 0.15) is 26.2 Å². The van der Waals surface area contributed by atoms with Crippen molar-refractivity contribution in [1.29, 1.82) is 0 Å². The number of benzene rings is 1. The molecule has 0 atom stereocenters. The largest absolute Gasteiger partial charge is 0.456 e. The van der Waals surface area contributed by atoms with Crippen molar-refractivity contribution < 1.29 is 19.2 Å². The number of quaternary nitrogens is 1. The van der Waals surface area contributed by atoms with Crippen LogP contribution in [0.15, 0.2) is 28.7 Å². The highest BCUT2D eigenvalue weighted by Crippen LogP contribution is 2.16. The maximum absolute atomic E-state index is 11.8. The van der Waals surface area contributed by atoms with E-state index in [9.17, 15) is 4.79 Å². The van der Waals surface area contributed by atoms with Gasteiger partial charge in [0.25, 0.3) is 0 Å². The minimum Gasteiger partial charge on any atom is -0.456 e. The second-order valence-electron chi connectivity index (χ2n) is 4.23. The maximum atomic E-state index is 11.8. The number of rotatable bonds is 4. The van der Waals surface area contributed by atoms with Gasteiger partial charge < -0.3 is 14.4 Å². The van der Waals surface area contributed by atoms with Crippen molar-refractivity contribution in [2.75, 3.05) is 39.5 Å². The molecule has 0 radical (unpaired) electrons. The van der Waals surface area contributed by atoms with Crippen molar-refractivity contribution in [2.24, 2.45) is 0 Å². The van der Waals surface area contributed by atoms with E-state index < -0.39 is 0 Å². The van der Waals surface area contributed by atoms with Gasteiger partial charge in [-0.15, -0.1) is 0 Å². The lowest BCUT2D eigenvalue weighted by atomic mass is 10.2. The van der Waals surface area contributed by atoms with Gasteiger partial charge >= 0.3 is 5.97 Å². The average Bonchev–Trinajstić information content (AvgIpc) is 2.40. The molecule has 1 N–H and O–H groups in total. The van der Waals surface area contributed by atoms with Crippen molar-refractivity contribution in [2.45, 2.75) is 0 Å². The van der Waals surface area contributed by atoms with Gasteiger partial charge in [0.05, 0.1) is 18.8 Å². The zero-order valence-corrected chi connectivity index (χ0v) is 11.7. The molecule has 0 aliphatic carbocycles. The van der Waals surface area contributed by atoms with Crippen molar-refractivity contribution in [3.63, 3.8) is 0 Å². The fourth-order valence-corrected chi connectivity index (χ4v) is 2.35. The van der Waals surface area contributed by atoms with Crippen molar-refractivity contribution in [3.05, 3.63) is 34.3 Å². The molecule has 0 aromatic heterocycles. The number of morpholine rings is 1. The molecule has 1 heterocycles. The second kappa shape index (κ2) is 6.87. The van der Waals surface area contributed by atoms with E-state index >= 15 is 0 Å². The number of hydrogen-bond acceptors (Lipinski definition) is 3.